The van der Waals surface area contributed by atoms with Gasteiger partial charge in [-0.2, -0.15) is 0 Å². The summed E-state index contributed by atoms with van der Waals surface area (Å²) >= 11 is 6.12. The summed E-state index contributed by atoms with van der Waals surface area (Å²) in [4.78, 5) is 36.7. The van der Waals surface area contributed by atoms with Crippen LogP contribution in [-0.4, -0.2) is 21.5 Å². The maximum absolute atomic E-state index is 12.7. The van der Waals surface area contributed by atoms with Crippen LogP contribution in [0.1, 0.15) is 37.9 Å². The SMILES string of the molecule is Nc1c2c(cc(=O)n1-c1cc(Cl)ccc1C(O)c1ccccc1)C(=O)NC2=O. The van der Waals surface area contributed by atoms with Gasteiger partial charge in [-0.1, -0.05) is 48.0 Å². The number of carbonyl (C=O) groups is 2. The van der Waals surface area contributed by atoms with Gasteiger partial charge in [0.15, 0.2) is 0 Å². The highest BCUT2D eigenvalue weighted by atomic mass is 35.5. The number of amides is 2. The molecule has 28 heavy (non-hydrogen) atoms. The molecule has 0 bridgehead atoms. The lowest BCUT2D eigenvalue weighted by molar-refractivity contribution is 0.0880. The number of aliphatic hydroxyl groups excluding tert-OH is 1. The third kappa shape index (κ3) is 2.77. The second-order valence-electron chi connectivity index (χ2n) is 6.29. The van der Waals surface area contributed by atoms with Crippen molar-refractivity contribution in [2.24, 2.45) is 0 Å². The van der Waals surface area contributed by atoms with Gasteiger partial charge in [0, 0.05) is 16.7 Å². The van der Waals surface area contributed by atoms with Crippen molar-refractivity contribution < 1.29 is 14.7 Å². The number of anilines is 1. The number of nitrogens with two attached hydrogens (primary N) is 1. The molecule has 1 unspecified atom stereocenters. The Labute approximate surface area is 164 Å². The molecule has 2 aromatic carbocycles. The van der Waals surface area contributed by atoms with E-state index in [1.807, 2.05) is 6.07 Å². The number of benzene rings is 2. The van der Waals surface area contributed by atoms with Crippen molar-refractivity contribution in [2.75, 3.05) is 5.73 Å². The summed E-state index contributed by atoms with van der Waals surface area (Å²) in [5.41, 5.74) is 6.53. The number of nitrogens with one attached hydrogen (secondary N) is 1. The monoisotopic (exact) mass is 395 g/mol. The Bertz CT molecular complexity index is 1190. The van der Waals surface area contributed by atoms with E-state index in [1.54, 1.807) is 36.4 Å². The van der Waals surface area contributed by atoms with Crippen molar-refractivity contribution in [1.82, 2.24) is 9.88 Å². The lowest BCUT2D eigenvalue weighted by Crippen LogP contribution is -2.25. The van der Waals surface area contributed by atoms with Gasteiger partial charge in [0.25, 0.3) is 17.4 Å². The van der Waals surface area contributed by atoms with Crippen molar-refractivity contribution in [3.63, 3.8) is 0 Å². The Morgan fingerprint density at radius 3 is 2.43 bits per heavy atom. The quantitative estimate of drug-likeness (QED) is 0.587. The molecule has 140 valence electrons. The molecular weight excluding hydrogens is 382 g/mol. The molecule has 0 radical (unpaired) electrons. The zero-order valence-electron chi connectivity index (χ0n) is 14.3. The lowest BCUT2D eigenvalue weighted by Gasteiger charge is -2.19. The highest BCUT2D eigenvalue weighted by Crippen LogP contribution is 2.31. The molecule has 1 aliphatic heterocycles. The number of rotatable bonds is 3. The van der Waals surface area contributed by atoms with Crippen molar-refractivity contribution in [3.8, 4) is 5.69 Å². The number of pyridine rings is 1. The standard InChI is InChI=1S/C20H14ClN3O4/c21-11-6-7-12(17(26)10-4-2-1-3-5-10)14(8-11)24-15(25)9-13-16(18(24)22)20(28)23-19(13)27/h1-9,17,26H,22H2,(H,23,27,28). The molecular formula is C20H14ClN3O4. The molecule has 8 heteroatoms. The van der Waals surface area contributed by atoms with Crippen LogP contribution in [0.3, 0.4) is 0 Å². The van der Waals surface area contributed by atoms with Gasteiger partial charge >= 0.3 is 0 Å². The van der Waals surface area contributed by atoms with Crippen LogP contribution in [0.2, 0.25) is 5.02 Å². The molecule has 0 spiro atoms. The van der Waals surface area contributed by atoms with Crippen molar-refractivity contribution in [3.05, 3.63) is 92.2 Å². The highest BCUT2D eigenvalue weighted by Gasteiger charge is 2.32. The van der Waals surface area contributed by atoms with Gasteiger partial charge in [0.2, 0.25) is 0 Å². The van der Waals surface area contributed by atoms with E-state index in [9.17, 15) is 19.5 Å². The fourth-order valence-electron chi connectivity index (χ4n) is 3.28. The zero-order chi connectivity index (χ0) is 20.0. The lowest BCUT2D eigenvalue weighted by atomic mass is 9.99. The minimum Gasteiger partial charge on any atom is -0.384 e. The van der Waals surface area contributed by atoms with Gasteiger partial charge in [-0.05, 0) is 17.7 Å². The van der Waals surface area contributed by atoms with Crippen LogP contribution >= 0.6 is 11.6 Å². The van der Waals surface area contributed by atoms with Gasteiger partial charge in [0.05, 0.1) is 16.8 Å². The third-order valence-corrected chi connectivity index (χ3v) is 4.83. The van der Waals surface area contributed by atoms with Crippen molar-refractivity contribution in [2.45, 2.75) is 6.10 Å². The van der Waals surface area contributed by atoms with E-state index in [0.29, 0.717) is 16.1 Å². The topological polar surface area (TPSA) is 114 Å². The average molecular weight is 396 g/mol. The summed E-state index contributed by atoms with van der Waals surface area (Å²) in [5.74, 6) is -1.56. The summed E-state index contributed by atoms with van der Waals surface area (Å²) in [7, 11) is 0. The fourth-order valence-corrected chi connectivity index (χ4v) is 3.45. The van der Waals surface area contributed by atoms with E-state index >= 15 is 0 Å². The van der Waals surface area contributed by atoms with E-state index in [1.165, 1.54) is 6.07 Å². The summed E-state index contributed by atoms with van der Waals surface area (Å²) < 4.78 is 1.07. The van der Waals surface area contributed by atoms with Gasteiger partial charge in [-0.15, -0.1) is 0 Å². The molecule has 0 saturated carbocycles. The third-order valence-electron chi connectivity index (χ3n) is 4.60. The maximum Gasteiger partial charge on any atom is 0.262 e. The zero-order valence-corrected chi connectivity index (χ0v) is 15.1. The molecule has 1 aliphatic rings. The Balaban J connectivity index is 1.98. The van der Waals surface area contributed by atoms with Crippen LogP contribution in [-0.2, 0) is 0 Å². The number of aliphatic hydroxyl groups is 1. The van der Waals surface area contributed by atoms with E-state index in [0.717, 1.165) is 10.6 Å². The predicted octanol–water partition coefficient (Wildman–Crippen LogP) is 2.04. The van der Waals surface area contributed by atoms with Gasteiger partial charge in [0.1, 0.15) is 11.9 Å². The number of halogens is 1. The van der Waals surface area contributed by atoms with Crippen molar-refractivity contribution >= 4 is 29.2 Å². The molecule has 4 rings (SSSR count). The molecule has 1 atom stereocenters. The molecule has 1 aromatic heterocycles. The van der Waals surface area contributed by atoms with Gasteiger partial charge in [-0.25, -0.2) is 0 Å². The van der Waals surface area contributed by atoms with Crippen LogP contribution in [0.5, 0.6) is 0 Å². The second kappa shape index (κ2) is 6.63. The Morgan fingerprint density at radius 1 is 1.00 bits per heavy atom. The molecule has 2 heterocycles. The van der Waals surface area contributed by atoms with Crippen LogP contribution in [0, 0.1) is 0 Å². The molecule has 0 saturated heterocycles. The fraction of sp³-hybridized carbons (Fsp3) is 0.0500. The predicted molar refractivity (Wildman–Crippen MR) is 104 cm³/mol. The Morgan fingerprint density at radius 2 is 1.71 bits per heavy atom. The molecule has 4 N–H and O–H groups in total. The van der Waals surface area contributed by atoms with E-state index in [4.69, 9.17) is 17.3 Å². The van der Waals surface area contributed by atoms with Crippen LogP contribution in [0.25, 0.3) is 5.69 Å². The smallest absolute Gasteiger partial charge is 0.262 e. The number of carbonyl (C=O) groups excluding carboxylic acids is 2. The maximum atomic E-state index is 12.7. The highest BCUT2D eigenvalue weighted by molar-refractivity contribution is 6.30. The summed E-state index contributed by atoms with van der Waals surface area (Å²) in [6.07, 6.45) is -1.07. The number of imide groups is 1. The average Bonchev–Trinajstić information content (AvgIpc) is 2.95. The molecule has 2 amide bonds. The Hall–Kier alpha value is -3.42. The van der Waals surface area contributed by atoms with E-state index in [-0.39, 0.29) is 22.6 Å². The number of nitrogen functional groups attached to an aromatic ring is 1. The van der Waals surface area contributed by atoms with Gasteiger partial charge in [-0.3, -0.25) is 24.3 Å². The number of hydrogen-bond donors (Lipinski definition) is 3. The first-order chi connectivity index (χ1) is 13.4. The van der Waals surface area contributed by atoms with Crippen molar-refractivity contribution in [1.29, 1.82) is 0 Å². The van der Waals surface area contributed by atoms with Crippen LogP contribution in [0.4, 0.5) is 5.82 Å². The first kappa shape index (κ1) is 18.0. The second-order valence-corrected chi connectivity index (χ2v) is 6.73. The Kier molecular flexibility index (Phi) is 4.26. The number of nitrogens with zero attached hydrogens (tertiary/aromatic N) is 1. The normalized spacial score (nSPS) is 13.9. The van der Waals surface area contributed by atoms with Crippen LogP contribution in [0.15, 0.2) is 59.4 Å². The molecule has 3 aromatic rings. The summed E-state index contributed by atoms with van der Waals surface area (Å²) in [5, 5.41) is 13.3. The molecule has 0 aliphatic carbocycles. The number of hydrogen-bond acceptors (Lipinski definition) is 5. The summed E-state index contributed by atoms with van der Waals surface area (Å²) in [6.45, 7) is 0. The van der Waals surface area contributed by atoms with E-state index < -0.39 is 23.5 Å². The minimum absolute atomic E-state index is 0.0732. The van der Waals surface area contributed by atoms with Gasteiger partial charge < -0.3 is 10.8 Å². The first-order valence-electron chi connectivity index (χ1n) is 8.32. The molecule has 7 nitrogen and oxygen atoms in total. The van der Waals surface area contributed by atoms with E-state index in [2.05, 4.69) is 5.32 Å². The molecule has 0 fully saturated rings. The largest absolute Gasteiger partial charge is 0.384 e. The minimum atomic E-state index is -1.07. The number of aromatic nitrogens is 1. The first-order valence-corrected chi connectivity index (χ1v) is 8.70. The summed E-state index contributed by atoms with van der Waals surface area (Å²) in [6, 6.07) is 14.5. The van der Waals surface area contributed by atoms with Crippen LogP contribution < -0.4 is 16.6 Å². The number of fused-ring (bicyclic) bond motifs is 1.